The third-order valence-electron chi connectivity index (χ3n) is 4.76. The van der Waals surface area contributed by atoms with Gasteiger partial charge in [0.2, 0.25) is 0 Å². The topological polar surface area (TPSA) is 32.5 Å². The van der Waals surface area contributed by atoms with Gasteiger partial charge in [-0.05, 0) is 50.5 Å². The second-order valence-corrected chi connectivity index (χ2v) is 6.02. The second kappa shape index (κ2) is 5.61. The molecule has 3 nitrogen and oxygen atoms in total. The molecule has 3 rings (SSSR count). The molecule has 1 saturated heterocycles. The van der Waals surface area contributed by atoms with E-state index in [2.05, 4.69) is 41.1 Å². The molecule has 1 fully saturated rings. The quantitative estimate of drug-likeness (QED) is 0.832. The second-order valence-electron chi connectivity index (χ2n) is 6.02. The number of hydrogen-bond donors (Lipinski definition) is 1. The van der Waals surface area contributed by atoms with Crippen LogP contribution in [0.2, 0.25) is 0 Å². The molecule has 1 aliphatic heterocycles. The Morgan fingerprint density at radius 2 is 1.95 bits per heavy atom. The van der Waals surface area contributed by atoms with Crippen LogP contribution in [0.4, 0.5) is 0 Å². The van der Waals surface area contributed by atoms with E-state index in [1.54, 1.807) is 0 Å². The average Bonchev–Trinajstić information content (AvgIpc) is 2.65. The molecule has 1 aromatic rings. The molecule has 2 aliphatic rings. The average molecular weight is 259 g/mol. The van der Waals surface area contributed by atoms with Crippen molar-refractivity contribution in [2.75, 3.05) is 33.2 Å². The lowest BCUT2D eigenvalue weighted by atomic mass is 9.83. The molecule has 2 unspecified atom stereocenters. The predicted molar refractivity (Wildman–Crippen MR) is 79.2 cm³/mol. The number of fused-ring (bicyclic) bond motifs is 1. The number of rotatable bonds is 1. The number of likely N-dealkylation sites (N-methyl/N-ethyl adjacent to an activating group) is 1. The summed E-state index contributed by atoms with van der Waals surface area (Å²) in [5, 5.41) is 0. The highest BCUT2D eigenvalue weighted by atomic mass is 15.2. The number of hydrogen-bond acceptors (Lipinski definition) is 3. The van der Waals surface area contributed by atoms with Gasteiger partial charge in [0.05, 0.1) is 0 Å². The van der Waals surface area contributed by atoms with Crippen LogP contribution in [0.5, 0.6) is 0 Å². The van der Waals surface area contributed by atoms with Gasteiger partial charge in [-0.15, -0.1) is 0 Å². The van der Waals surface area contributed by atoms with Crippen molar-refractivity contribution in [3.05, 3.63) is 35.4 Å². The Balaban J connectivity index is 1.76. The summed E-state index contributed by atoms with van der Waals surface area (Å²) in [6.07, 6.45) is 3.66. The van der Waals surface area contributed by atoms with E-state index < -0.39 is 0 Å². The van der Waals surface area contributed by atoms with Gasteiger partial charge in [-0.2, -0.15) is 0 Å². The van der Waals surface area contributed by atoms with Gasteiger partial charge in [0.15, 0.2) is 0 Å². The predicted octanol–water partition coefficient (Wildman–Crippen LogP) is 1.64. The molecule has 0 bridgehead atoms. The highest BCUT2D eigenvalue weighted by molar-refractivity contribution is 5.33. The minimum atomic E-state index is 0.188. The summed E-state index contributed by atoms with van der Waals surface area (Å²) >= 11 is 0. The molecule has 2 N–H and O–H groups in total. The Labute approximate surface area is 116 Å². The molecule has 2 atom stereocenters. The standard InChI is InChI=1S/C16H25N3/c1-18-9-4-10-19(12-11-18)15-8-7-13-5-2-3-6-14(13)16(15)17/h2-3,5-6,15-16H,4,7-12,17H2,1H3. The van der Waals surface area contributed by atoms with E-state index in [4.69, 9.17) is 5.73 Å². The molecule has 19 heavy (non-hydrogen) atoms. The van der Waals surface area contributed by atoms with E-state index in [1.807, 2.05) is 0 Å². The van der Waals surface area contributed by atoms with Crippen LogP contribution < -0.4 is 5.73 Å². The van der Waals surface area contributed by atoms with Gasteiger partial charge < -0.3 is 10.6 Å². The largest absolute Gasteiger partial charge is 0.323 e. The van der Waals surface area contributed by atoms with Crippen molar-refractivity contribution < 1.29 is 0 Å². The third-order valence-corrected chi connectivity index (χ3v) is 4.76. The number of nitrogens with zero attached hydrogens (tertiary/aromatic N) is 2. The van der Waals surface area contributed by atoms with Crippen molar-refractivity contribution in [1.82, 2.24) is 9.80 Å². The van der Waals surface area contributed by atoms with Crippen molar-refractivity contribution >= 4 is 0 Å². The Morgan fingerprint density at radius 1 is 1.11 bits per heavy atom. The van der Waals surface area contributed by atoms with Crippen molar-refractivity contribution in [2.45, 2.75) is 31.3 Å². The molecule has 1 aromatic carbocycles. The fraction of sp³-hybridized carbons (Fsp3) is 0.625. The summed E-state index contributed by atoms with van der Waals surface area (Å²) in [5.41, 5.74) is 9.38. The molecule has 0 amide bonds. The number of aryl methyl sites for hydroxylation is 1. The normalized spacial score (nSPS) is 29.8. The highest BCUT2D eigenvalue weighted by Crippen LogP contribution is 2.31. The minimum Gasteiger partial charge on any atom is -0.323 e. The first kappa shape index (κ1) is 13.1. The molecular weight excluding hydrogens is 234 g/mol. The molecule has 104 valence electrons. The zero-order valence-corrected chi connectivity index (χ0v) is 11.9. The first-order valence-electron chi connectivity index (χ1n) is 7.51. The van der Waals surface area contributed by atoms with Gasteiger partial charge in [-0.1, -0.05) is 24.3 Å². The minimum absolute atomic E-state index is 0.188. The van der Waals surface area contributed by atoms with E-state index in [0.29, 0.717) is 6.04 Å². The van der Waals surface area contributed by atoms with E-state index in [0.717, 1.165) is 6.54 Å². The lowest BCUT2D eigenvalue weighted by Crippen LogP contribution is -2.46. The third kappa shape index (κ3) is 2.69. The van der Waals surface area contributed by atoms with E-state index >= 15 is 0 Å². The van der Waals surface area contributed by atoms with Crippen molar-refractivity contribution in [1.29, 1.82) is 0 Å². The summed E-state index contributed by atoms with van der Waals surface area (Å²) in [6, 6.07) is 9.43. The van der Waals surface area contributed by atoms with Gasteiger partial charge in [-0.25, -0.2) is 0 Å². The molecule has 1 aliphatic carbocycles. The summed E-state index contributed by atoms with van der Waals surface area (Å²) in [5.74, 6) is 0. The van der Waals surface area contributed by atoms with Crippen molar-refractivity contribution in [3.63, 3.8) is 0 Å². The smallest absolute Gasteiger partial charge is 0.0455 e. The fourth-order valence-corrected chi connectivity index (χ4v) is 3.59. The zero-order valence-electron chi connectivity index (χ0n) is 11.9. The molecule has 0 radical (unpaired) electrons. The SMILES string of the molecule is CN1CCCN(C2CCc3ccccc3C2N)CC1. The lowest BCUT2D eigenvalue weighted by Gasteiger charge is -2.39. The van der Waals surface area contributed by atoms with Gasteiger partial charge in [0, 0.05) is 25.2 Å². The summed E-state index contributed by atoms with van der Waals surface area (Å²) in [6.45, 7) is 4.75. The van der Waals surface area contributed by atoms with Crippen molar-refractivity contribution in [2.24, 2.45) is 5.73 Å². The monoisotopic (exact) mass is 259 g/mol. The van der Waals surface area contributed by atoms with Crippen LogP contribution in [0, 0.1) is 0 Å². The first-order valence-corrected chi connectivity index (χ1v) is 7.51. The molecular formula is C16H25N3. The Hall–Kier alpha value is -0.900. The van der Waals surface area contributed by atoms with Crippen LogP contribution in [-0.2, 0) is 6.42 Å². The van der Waals surface area contributed by atoms with E-state index in [1.165, 1.54) is 50.0 Å². The van der Waals surface area contributed by atoms with Crippen LogP contribution in [0.1, 0.15) is 30.0 Å². The number of nitrogens with two attached hydrogens (primary N) is 1. The van der Waals surface area contributed by atoms with Crippen molar-refractivity contribution in [3.8, 4) is 0 Å². The number of benzene rings is 1. The van der Waals surface area contributed by atoms with Crippen LogP contribution >= 0.6 is 0 Å². The van der Waals surface area contributed by atoms with E-state index in [9.17, 15) is 0 Å². The van der Waals surface area contributed by atoms with Gasteiger partial charge >= 0.3 is 0 Å². The Bertz CT molecular complexity index is 432. The fourth-order valence-electron chi connectivity index (χ4n) is 3.59. The highest BCUT2D eigenvalue weighted by Gasteiger charge is 2.31. The molecule has 3 heteroatoms. The maximum atomic E-state index is 6.55. The van der Waals surface area contributed by atoms with Crippen LogP contribution in [0.25, 0.3) is 0 Å². The summed E-state index contributed by atoms with van der Waals surface area (Å²) < 4.78 is 0. The summed E-state index contributed by atoms with van der Waals surface area (Å²) in [7, 11) is 2.22. The maximum Gasteiger partial charge on any atom is 0.0455 e. The summed E-state index contributed by atoms with van der Waals surface area (Å²) in [4.78, 5) is 5.06. The Morgan fingerprint density at radius 3 is 2.84 bits per heavy atom. The van der Waals surface area contributed by atoms with Gasteiger partial charge in [0.25, 0.3) is 0 Å². The van der Waals surface area contributed by atoms with Crippen LogP contribution in [-0.4, -0.2) is 49.1 Å². The maximum absolute atomic E-state index is 6.55. The molecule has 0 spiro atoms. The molecule has 0 saturated carbocycles. The lowest BCUT2D eigenvalue weighted by molar-refractivity contribution is 0.160. The van der Waals surface area contributed by atoms with Crippen LogP contribution in [0.3, 0.4) is 0 Å². The first-order chi connectivity index (χ1) is 9.25. The molecule has 1 heterocycles. The van der Waals surface area contributed by atoms with Gasteiger partial charge in [-0.3, -0.25) is 4.90 Å². The Kier molecular flexibility index (Phi) is 3.87. The van der Waals surface area contributed by atoms with Gasteiger partial charge in [0.1, 0.15) is 0 Å². The zero-order chi connectivity index (χ0) is 13.2. The van der Waals surface area contributed by atoms with E-state index in [-0.39, 0.29) is 6.04 Å². The van der Waals surface area contributed by atoms with Crippen LogP contribution in [0.15, 0.2) is 24.3 Å². The molecule has 0 aromatic heterocycles.